The number of halogens is 1. The van der Waals surface area contributed by atoms with Crippen LogP contribution in [0.25, 0.3) is 22.0 Å². The first kappa shape index (κ1) is 13.7. The lowest BCUT2D eigenvalue weighted by molar-refractivity contribution is 0.597. The van der Waals surface area contributed by atoms with Crippen LogP contribution in [0.1, 0.15) is 0 Å². The monoisotopic (exact) mass is 303 g/mol. The molecule has 5 nitrogen and oxygen atoms in total. The SMILES string of the molecule is N[S+]([O-])c1cc(-c2ccc(F)cc2)cc2c(=O)[nH]cnc12. The van der Waals surface area contributed by atoms with Crippen molar-refractivity contribution in [2.24, 2.45) is 5.14 Å². The van der Waals surface area contributed by atoms with Crippen LogP contribution in [-0.4, -0.2) is 14.5 Å². The van der Waals surface area contributed by atoms with Crippen LogP contribution in [0.2, 0.25) is 0 Å². The van der Waals surface area contributed by atoms with Crippen molar-refractivity contribution < 1.29 is 8.94 Å². The summed E-state index contributed by atoms with van der Waals surface area (Å²) in [7, 11) is 0. The minimum absolute atomic E-state index is 0.262. The fraction of sp³-hybridized carbons (Fsp3) is 0. The van der Waals surface area contributed by atoms with E-state index in [2.05, 4.69) is 9.97 Å². The molecule has 1 heterocycles. The minimum atomic E-state index is -1.79. The third-order valence-corrected chi connectivity index (χ3v) is 3.85. The Kier molecular flexibility index (Phi) is 3.46. The molecule has 3 aromatic rings. The fourth-order valence-electron chi connectivity index (χ4n) is 2.11. The predicted octanol–water partition coefficient (Wildman–Crippen LogP) is 1.71. The van der Waals surface area contributed by atoms with Crippen molar-refractivity contribution in [3.05, 3.63) is 58.9 Å². The number of aromatic amines is 1. The van der Waals surface area contributed by atoms with Crippen molar-refractivity contribution in [1.82, 2.24) is 9.97 Å². The summed E-state index contributed by atoms with van der Waals surface area (Å²) in [6.45, 7) is 0. The molecule has 106 valence electrons. The summed E-state index contributed by atoms with van der Waals surface area (Å²) in [5, 5.41) is 5.75. The number of H-pyrrole nitrogens is 1. The smallest absolute Gasteiger partial charge is 0.258 e. The summed E-state index contributed by atoms with van der Waals surface area (Å²) < 4.78 is 24.7. The van der Waals surface area contributed by atoms with Crippen LogP contribution >= 0.6 is 0 Å². The average molecular weight is 303 g/mol. The molecule has 0 fully saturated rings. The molecule has 0 aliphatic rings. The second-order valence-corrected chi connectivity index (χ2v) is 5.44. The van der Waals surface area contributed by atoms with Crippen LogP contribution in [0.15, 0.2) is 52.4 Å². The molecule has 0 bridgehead atoms. The molecule has 0 saturated carbocycles. The van der Waals surface area contributed by atoms with E-state index in [0.29, 0.717) is 16.6 Å². The Morgan fingerprint density at radius 3 is 2.57 bits per heavy atom. The molecule has 0 aliphatic heterocycles. The average Bonchev–Trinajstić information content (AvgIpc) is 2.47. The number of nitrogens with one attached hydrogen (secondary N) is 1. The number of aromatic nitrogens is 2. The van der Waals surface area contributed by atoms with Gasteiger partial charge in [0.25, 0.3) is 5.56 Å². The van der Waals surface area contributed by atoms with Gasteiger partial charge in [-0.05, 0) is 29.3 Å². The van der Waals surface area contributed by atoms with Crippen LogP contribution < -0.4 is 10.7 Å². The lowest BCUT2D eigenvalue weighted by Gasteiger charge is -2.09. The second-order valence-electron chi connectivity index (χ2n) is 4.41. The molecule has 1 aromatic heterocycles. The number of benzene rings is 2. The molecular formula is C14H10FN3O2S. The molecule has 3 rings (SSSR count). The van der Waals surface area contributed by atoms with Gasteiger partial charge in [0.1, 0.15) is 11.3 Å². The van der Waals surface area contributed by atoms with Crippen molar-refractivity contribution in [3.63, 3.8) is 0 Å². The van der Waals surface area contributed by atoms with Crippen molar-refractivity contribution in [2.45, 2.75) is 4.90 Å². The Labute approximate surface area is 122 Å². The number of rotatable bonds is 2. The minimum Gasteiger partial charge on any atom is -0.593 e. The Morgan fingerprint density at radius 2 is 1.90 bits per heavy atom. The Hall–Kier alpha value is -2.22. The molecule has 0 saturated heterocycles. The third-order valence-electron chi connectivity index (χ3n) is 3.10. The van der Waals surface area contributed by atoms with E-state index in [-0.39, 0.29) is 21.7 Å². The van der Waals surface area contributed by atoms with Gasteiger partial charge in [0.2, 0.25) is 4.90 Å². The molecule has 1 unspecified atom stereocenters. The maximum atomic E-state index is 13.0. The highest BCUT2D eigenvalue weighted by atomic mass is 32.2. The normalized spacial score (nSPS) is 12.5. The zero-order valence-electron chi connectivity index (χ0n) is 10.7. The van der Waals surface area contributed by atoms with E-state index >= 15 is 0 Å². The van der Waals surface area contributed by atoms with E-state index in [1.165, 1.54) is 18.5 Å². The van der Waals surface area contributed by atoms with E-state index in [0.717, 1.165) is 0 Å². The number of nitrogens with zero attached hydrogens (tertiary/aromatic N) is 1. The molecule has 2 aromatic carbocycles. The zero-order valence-corrected chi connectivity index (χ0v) is 11.5. The van der Waals surface area contributed by atoms with E-state index < -0.39 is 11.4 Å². The first-order chi connectivity index (χ1) is 10.1. The number of hydrogen-bond acceptors (Lipinski definition) is 4. The lowest BCUT2D eigenvalue weighted by Crippen LogP contribution is -2.16. The number of nitrogens with two attached hydrogens (primary N) is 1. The standard InChI is InChI=1S/C14H10FN3O2S/c15-10-3-1-8(2-4-10)9-5-11-13(12(6-9)21(16)20)17-7-18-14(11)19/h1-7H,16H2,(H,17,18,19). The number of fused-ring (bicyclic) bond motifs is 1. The van der Waals surface area contributed by atoms with Gasteiger partial charge in [-0.15, -0.1) is 5.14 Å². The molecule has 0 amide bonds. The summed E-state index contributed by atoms with van der Waals surface area (Å²) in [6, 6.07) is 8.98. The highest BCUT2D eigenvalue weighted by Gasteiger charge is 2.17. The van der Waals surface area contributed by atoms with E-state index in [1.54, 1.807) is 24.3 Å². The maximum absolute atomic E-state index is 13.0. The summed E-state index contributed by atoms with van der Waals surface area (Å²) >= 11 is -1.79. The Bertz CT molecular complexity index is 862. The maximum Gasteiger partial charge on any atom is 0.258 e. The molecule has 0 radical (unpaired) electrons. The summed E-state index contributed by atoms with van der Waals surface area (Å²) in [5.74, 6) is -0.360. The topological polar surface area (TPSA) is 94.8 Å². The Morgan fingerprint density at radius 1 is 1.19 bits per heavy atom. The van der Waals surface area contributed by atoms with Crippen molar-refractivity contribution >= 4 is 22.3 Å². The van der Waals surface area contributed by atoms with Crippen LogP contribution in [0, 0.1) is 5.82 Å². The third kappa shape index (κ3) is 2.54. The van der Waals surface area contributed by atoms with Crippen LogP contribution in [-0.2, 0) is 11.4 Å². The van der Waals surface area contributed by atoms with Crippen LogP contribution in [0.3, 0.4) is 0 Å². The second kappa shape index (κ2) is 5.28. The first-order valence-corrected chi connectivity index (χ1v) is 7.21. The van der Waals surface area contributed by atoms with Crippen molar-refractivity contribution in [1.29, 1.82) is 0 Å². The molecule has 7 heteroatoms. The van der Waals surface area contributed by atoms with E-state index in [1.807, 2.05) is 0 Å². The van der Waals surface area contributed by atoms with Gasteiger partial charge in [-0.2, -0.15) is 0 Å². The van der Waals surface area contributed by atoms with Crippen molar-refractivity contribution in [2.75, 3.05) is 0 Å². The van der Waals surface area contributed by atoms with Gasteiger partial charge in [-0.1, -0.05) is 12.1 Å². The predicted molar refractivity (Wildman–Crippen MR) is 78.4 cm³/mol. The van der Waals surface area contributed by atoms with E-state index in [4.69, 9.17) is 5.14 Å². The zero-order chi connectivity index (χ0) is 15.0. The van der Waals surface area contributed by atoms with E-state index in [9.17, 15) is 13.7 Å². The molecule has 3 N–H and O–H groups in total. The highest BCUT2D eigenvalue weighted by Crippen LogP contribution is 2.27. The lowest BCUT2D eigenvalue weighted by atomic mass is 10.0. The first-order valence-electron chi connectivity index (χ1n) is 6.00. The Balaban J connectivity index is 2.32. The molecule has 0 spiro atoms. The van der Waals surface area contributed by atoms with Crippen LogP contribution in [0.4, 0.5) is 4.39 Å². The van der Waals surface area contributed by atoms with Gasteiger partial charge in [-0.25, -0.2) is 9.37 Å². The summed E-state index contributed by atoms with van der Waals surface area (Å²) in [5.41, 5.74) is 1.25. The van der Waals surface area contributed by atoms with Gasteiger partial charge < -0.3 is 9.54 Å². The van der Waals surface area contributed by atoms with Gasteiger partial charge in [0, 0.05) is 6.07 Å². The largest absolute Gasteiger partial charge is 0.593 e. The number of hydrogen-bond donors (Lipinski definition) is 2. The van der Waals surface area contributed by atoms with Gasteiger partial charge >= 0.3 is 0 Å². The molecule has 21 heavy (non-hydrogen) atoms. The van der Waals surface area contributed by atoms with Gasteiger partial charge in [0.15, 0.2) is 0 Å². The summed E-state index contributed by atoms with van der Waals surface area (Å²) in [4.78, 5) is 18.6. The van der Waals surface area contributed by atoms with Crippen LogP contribution in [0.5, 0.6) is 0 Å². The quantitative estimate of drug-likeness (QED) is 0.705. The molecule has 0 aliphatic carbocycles. The van der Waals surface area contributed by atoms with Gasteiger partial charge in [-0.3, -0.25) is 4.79 Å². The van der Waals surface area contributed by atoms with Gasteiger partial charge in [0.05, 0.1) is 23.1 Å². The molecular weight excluding hydrogens is 293 g/mol. The fourth-order valence-corrected chi connectivity index (χ4v) is 2.71. The molecule has 1 atom stereocenters. The summed E-state index contributed by atoms with van der Waals surface area (Å²) in [6.07, 6.45) is 1.23. The highest BCUT2D eigenvalue weighted by molar-refractivity contribution is 7.89. The van der Waals surface area contributed by atoms with Crippen molar-refractivity contribution in [3.8, 4) is 11.1 Å².